The van der Waals surface area contributed by atoms with Crippen molar-refractivity contribution in [2.24, 2.45) is 11.7 Å². The molecule has 0 aromatic heterocycles. The molecule has 5 nitrogen and oxygen atoms in total. The first-order valence-corrected chi connectivity index (χ1v) is 10.6. The van der Waals surface area contributed by atoms with Crippen LogP contribution in [0.1, 0.15) is 18.9 Å². The Morgan fingerprint density at radius 1 is 1.30 bits per heavy atom. The van der Waals surface area contributed by atoms with E-state index in [1.54, 1.807) is 13.0 Å². The smallest absolute Gasteiger partial charge is 0.310 e. The fraction of sp³-hybridized carbons (Fsp3) is 0.435. The van der Waals surface area contributed by atoms with Crippen LogP contribution in [0.15, 0.2) is 42.5 Å². The Morgan fingerprint density at radius 2 is 2.00 bits per heavy atom. The van der Waals surface area contributed by atoms with Crippen LogP contribution in [0, 0.1) is 11.7 Å². The van der Waals surface area contributed by atoms with Crippen molar-refractivity contribution < 1.29 is 19.0 Å². The first kappa shape index (κ1) is 22.7. The standard InChI is InChI=1S/C23H28ClFN2O3/c1-2-30-23(29)17(12-27-13-20(28)14-27)10-19(26)9-15-3-5-16(6-4-15)21-11-18(24)7-8-22(21)25/h3-8,11,17,19-20,28H,2,9-10,12-14,26H2,1H3/t17-,19+/m0/s1. The van der Waals surface area contributed by atoms with Crippen molar-refractivity contribution in [3.05, 3.63) is 58.9 Å². The number of nitrogens with two attached hydrogens (primary N) is 1. The molecule has 1 heterocycles. The summed E-state index contributed by atoms with van der Waals surface area (Å²) in [5.74, 6) is -0.898. The van der Waals surface area contributed by atoms with Crippen LogP contribution in [0.25, 0.3) is 11.1 Å². The molecule has 0 spiro atoms. The van der Waals surface area contributed by atoms with Crippen molar-refractivity contribution in [3.8, 4) is 11.1 Å². The van der Waals surface area contributed by atoms with Gasteiger partial charge >= 0.3 is 5.97 Å². The van der Waals surface area contributed by atoms with Crippen LogP contribution in [-0.4, -0.2) is 54.4 Å². The highest BCUT2D eigenvalue weighted by Gasteiger charge is 2.31. The number of aliphatic hydroxyl groups is 1. The minimum Gasteiger partial charge on any atom is -0.466 e. The van der Waals surface area contributed by atoms with Gasteiger partial charge in [0.05, 0.1) is 18.6 Å². The number of β-amino-alcohol motifs (C(OH)–C–C–N with tert-alkyl or cyclic N) is 1. The van der Waals surface area contributed by atoms with Crippen LogP contribution in [0.5, 0.6) is 0 Å². The summed E-state index contributed by atoms with van der Waals surface area (Å²) in [7, 11) is 0. The SMILES string of the molecule is CCOC(=O)[C@@H](C[C@H](N)Cc1ccc(-c2cc(Cl)ccc2F)cc1)CN1CC(O)C1. The first-order chi connectivity index (χ1) is 14.4. The van der Waals surface area contributed by atoms with Crippen LogP contribution < -0.4 is 5.73 Å². The highest BCUT2D eigenvalue weighted by molar-refractivity contribution is 6.30. The maximum Gasteiger partial charge on any atom is 0.310 e. The van der Waals surface area contributed by atoms with Crippen LogP contribution >= 0.6 is 11.6 Å². The zero-order valence-corrected chi connectivity index (χ0v) is 17.8. The van der Waals surface area contributed by atoms with Crippen molar-refractivity contribution in [2.75, 3.05) is 26.2 Å². The topological polar surface area (TPSA) is 75.8 Å². The van der Waals surface area contributed by atoms with Crippen molar-refractivity contribution in [1.29, 1.82) is 0 Å². The first-order valence-electron chi connectivity index (χ1n) is 10.2. The largest absolute Gasteiger partial charge is 0.466 e. The number of likely N-dealkylation sites (tertiary alicyclic amines) is 1. The monoisotopic (exact) mass is 434 g/mol. The molecule has 2 aromatic carbocycles. The number of nitrogens with zero attached hydrogens (tertiary/aromatic N) is 1. The molecule has 0 amide bonds. The zero-order chi connectivity index (χ0) is 21.7. The second-order valence-corrected chi connectivity index (χ2v) is 8.28. The molecule has 1 fully saturated rings. The molecular formula is C23H28ClFN2O3. The Bertz CT molecular complexity index is 856. The van der Waals surface area contributed by atoms with Gasteiger partial charge in [0, 0.05) is 36.3 Å². The second kappa shape index (κ2) is 10.4. The molecule has 1 aliphatic rings. The van der Waals surface area contributed by atoms with E-state index in [-0.39, 0.29) is 29.9 Å². The van der Waals surface area contributed by atoms with Gasteiger partial charge in [0.1, 0.15) is 5.82 Å². The number of halogens is 2. The molecule has 3 N–H and O–H groups in total. The molecule has 0 aliphatic carbocycles. The average molecular weight is 435 g/mol. The van der Waals surface area contributed by atoms with E-state index in [9.17, 15) is 14.3 Å². The third kappa shape index (κ3) is 6.01. The van der Waals surface area contributed by atoms with Crippen molar-refractivity contribution in [2.45, 2.75) is 31.9 Å². The predicted octanol–water partition coefficient (Wildman–Crippen LogP) is 3.26. The van der Waals surface area contributed by atoms with E-state index in [4.69, 9.17) is 22.1 Å². The Morgan fingerprint density at radius 3 is 2.63 bits per heavy atom. The Labute approximate surface area is 181 Å². The summed E-state index contributed by atoms with van der Waals surface area (Å²) in [5.41, 5.74) is 8.55. The molecule has 0 radical (unpaired) electrons. The number of carbonyl (C=O) groups is 1. The lowest BCUT2D eigenvalue weighted by atomic mass is 9.93. The Hall–Kier alpha value is -1.99. The number of ether oxygens (including phenoxy) is 1. The lowest BCUT2D eigenvalue weighted by Gasteiger charge is -2.38. The zero-order valence-electron chi connectivity index (χ0n) is 17.1. The van der Waals surface area contributed by atoms with Gasteiger partial charge in [0.25, 0.3) is 0 Å². The number of hydrogen-bond acceptors (Lipinski definition) is 5. The molecule has 30 heavy (non-hydrogen) atoms. The van der Waals surface area contributed by atoms with Gasteiger partial charge in [-0.1, -0.05) is 35.9 Å². The summed E-state index contributed by atoms with van der Waals surface area (Å²) in [6, 6.07) is 11.8. The van der Waals surface area contributed by atoms with E-state index in [0.717, 1.165) is 11.1 Å². The molecule has 162 valence electrons. The molecule has 2 atom stereocenters. The van der Waals surface area contributed by atoms with Crippen LogP contribution in [-0.2, 0) is 16.0 Å². The number of esters is 1. The molecule has 0 saturated carbocycles. The van der Waals surface area contributed by atoms with Gasteiger partial charge in [-0.25, -0.2) is 4.39 Å². The molecule has 0 unspecified atom stereocenters. The number of aliphatic hydroxyl groups excluding tert-OH is 1. The van der Waals surface area contributed by atoms with Crippen LogP contribution in [0.3, 0.4) is 0 Å². The van der Waals surface area contributed by atoms with Gasteiger partial charge in [-0.3, -0.25) is 9.69 Å². The van der Waals surface area contributed by atoms with E-state index in [1.807, 2.05) is 29.2 Å². The highest BCUT2D eigenvalue weighted by Crippen LogP contribution is 2.27. The summed E-state index contributed by atoms with van der Waals surface area (Å²) in [6.07, 6.45) is 0.775. The Kier molecular flexibility index (Phi) is 7.83. The number of benzene rings is 2. The number of carbonyl (C=O) groups excluding carboxylic acids is 1. The maximum atomic E-state index is 14.1. The fourth-order valence-electron chi connectivity index (χ4n) is 3.80. The predicted molar refractivity (Wildman–Crippen MR) is 116 cm³/mol. The molecule has 2 aromatic rings. The molecule has 0 bridgehead atoms. The minimum atomic E-state index is -0.327. The van der Waals surface area contributed by atoms with E-state index in [1.165, 1.54) is 12.1 Å². The molecule has 1 aliphatic heterocycles. The quantitative estimate of drug-likeness (QED) is 0.592. The van der Waals surface area contributed by atoms with E-state index in [0.29, 0.717) is 49.7 Å². The van der Waals surface area contributed by atoms with Gasteiger partial charge in [0.15, 0.2) is 0 Å². The van der Waals surface area contributed by atoms with Crippen molar-refractivity contribution in [1.82, 2.24) is 4.90 Å². The summed E-state index contributed by atoms with van der Waals surface area (Å²) in [6.45, 7) is 3.80. The van der Waals surface area contributed by atoms with E-state index in [2.05, 4.69) is 0 Å². The van der Waals surface area contributed by atoms with Gasteiger partial charge in [-0.15, -0.1) is 0 Å². The average Bonchev–Trinajstić information content (AvgIpc) is 2.69. The Balaban J connectivity index is 1.61. The molecule has 3 rings (SSSR count). The van der Waals surface area contributed by atoms with Gasteiger partial charge < -0.3 is 15.6 Å². The minimum absolute atomic E-state index is 0.223. The third-order valence-electron chi connectivity index (χ3n) is 5.31. The third-order valence-corrected chi connectivity index (χ3v) is 5.55. The van der Waals surface area contributed by atoms with Gasteiger partial charge in [0.2, 0.25) is 0 Å². The summed E-state index contributed by atoms with van der Waals surface area (Å²) >= 11 is 5.98. The summed E-state index contributed by atoms with van der Waals surface area (Å²) < 4.78 is 19.3. The fourth-order valence-corrected chi connectivity index (χ4v) is 3.97. The normalized spacial score (nSPS) is 16.7. The second-order valence-electron chi connectivity index (χ2n) is 7.84. The van der Waals surface area contributed by atoms with Gasteiger partial charge in [-0.05, 0) is 49.1 Å². The molecular weight excluding hydrogens is 407 g/mol. The van der Waals surface area contributed by atoms with E-state index < -0.39 is 0 Å². The number of hydrogen-bond donors (Lipinski definition) is 2. The van der Waals surface area contributed by atoms with Gasteiger partial charge in [-0.2, -0.15) is 0 Å². The lowest BCUT2D eigenvalue weighted by Crippen LogP contribution is -2.53. The van der Waals surface area contributed by atoms with Crippen molar-refractivity contribution in [3.63, 3.8) is 0 Å². The molecule has 7 heteroatoms. The maximum absolute atomic E-state index is 14.1. The summed E-state index contributed by atoms with van der Waals surface area (Å²) in [5, 5.41) is 9.96. The highest BCUT2D eigenvalue weighted by atomic mass is 35.5. The lowest BCUT2D eigenvalue weighted by molar-refractivity contribution is -0.150. The van der Waals surface area contributed by atoms with Crippen molar-refractivity contribution >= 4 is 17.6 Å². The molecule has 1 saturated heterocycles. The van der Waals surface area contributed by atoms with E-state index >= 15 is 0 Å². The van der Waals surface area contributed by atoms with Crippen LogP contribution in [0.4, 0.5) is 4.39 Å². The number of rotatable bonds is 9. The summed E-state index contributed by atoms with van der Waals surface area (Å²) in [4.78, 5) is 14.4. The van der Waals surface area contributed by atoms with Crippen LogP contribution in [0.2, 0.25) is 5.02 Å².